The molecule has 3 nitrogen and oxygen atoms in total. The first-order valence-corrected chi connectivity index (χ1v) is 6.46. The van der Waals surface area contributed by atoms with Gasteiger partial charge in [0.1, 0.15) is 5.75 Å². The number of aromatic nitrogens is 1. The summed E-state index contributed by atoms with van der Waals surface area (Å²) in [4.78, 5) is 6.39. The van der Waals surface area contributed by atoms with Crippen molar-refractivity contribution in [2.24, 2.45) is 0 Å². The Morgan fingerprint density at radius 3 is 2.28 bits per heavy atom. The summed E-state index contributed by atoms with van der Waals surface area (Å²) in [5.74, 6) is 0.849. The molecule has 0 aliphatic carbocycles. The molecule has 0 radical (unpaired) electrons. The highest BCUT2D eigenvalue weighted by Gasteiger charge is 2.03. The molecule has 1 atom stereocenters. The van der Waals surface area contributed by atoms with E-state index in [0.717, 1.165) is 15.5 Å². The van der Waals surface area contributed by atoms with Crippen molar-refractivity contribution in [2.45, 2.75) is 22.8 Å². The summed E-state index contributed by atoms with van der Waals surface area (Å²) in [6, 6.07) is 11.7. The number of ether oxygens (including phenoxy) is 1. The number of methoxy groups -OCH3 is 1. The molecule has 0 fully saturated rings. The maximum absolute atomic E-state index is 9.38. The van der Waals surface area contributed by atoms with Crippen LogP contribution in [-0.4, -0.2) is 17.2 Å². The highest BCUT2D eigenvalue weighted by molar-refractivity contribution is 7.99. The van der Waals surface area contributed by atoms with Gasteiger partial charge in [-0.2, -0.15) is 0 Å². The van der Waals surface area contributed by atoms with Gasteiger partial charge in [0.2, 0.25) is 0 Å². The van der Waals surface area contributed by atoms with E-state index in [1.54, 1.807) is 32.0 Å². The van der Waals surface area contributed by atoms with Gasteiger partial charge in [-0.25, -0.2) is 0 Å². The van der Waals surface area contributed by atoms with Gasteiger partial charge in [-0.05, 0) is 43.3 Å². The number of hydrogen-bond donors (Lipinski definition) is 1. The van der Waals surface area contributed by atoms with Crippen molar-refractivity contribution >= 4 is 11.8 Å². The van der Waals surface area contributed by atoms with Crippen LogP contribution in [-0.2, 0) is 0 Å². The Labute approximate surface area is 111 Å². The highest BCUT2D eigenvalue weighted by Crippen LogP contribution is 2.28. The Morgan fingerprint density at radius 2 is 1.78 bits per heavy atom. The normalized spacial score (nSPS) is 12.2. The smallest absolute Gasteiger partial charge is 0.118 e. The van der Waals surface area contributed by atoms with Crippen molar-refractivity contribution in [1.29, 1.82) is 0 Å². The first-order valence-electron chi connectivity index (χ1n) is 5.65. The zero-order valence-corrected chi connectivity index (χ0v) is 11.1. The molecule has 94 valence electrons. The lowest BCUT2D eigenvalue weighted by Gasteiger charge is -2.06. The third-order valence-electron chi connectivity index (χ3n) is 2.48. The van der Waals surface area contributed by atoms with E-state index < -0.39 is 6.10 Å². The number of aliphatic hydroxyl groups is 1. The third-order valence-corrected chi connectivity index (χ3v) is 3.47. The summed E-state index contributed by atoms with van der Waals surface area (Å²) in [7, 11) is 1.65. The first-order chi connectivity index (χ1) is 8.69. The van der Waals surface area contributed by atoms with E-state index in [4.69, 9.17) is 4.74 Å². The van der Waals surface area contributed by atoms with Crippen LogP contribution in [0.4, 0.5) is 0 Å². The van der Waals surface area contributed by atoms with Gasteiger partial charge in [0.05, 0.1) is 18.9 Å². The van der Waals surface area contributed by atoms with E-state index in [2.05, 4.69) is 4.98 Å². The molecule has 1 aromatic carbocycles. The fourth-order valence-corrected chi connectivity index (χ4v) is 2.26. The summed E-state index contributed by atoms with van der Waals surface area (Å²) in [5, 5.41) is 9.38. The summed E-state index contributed by atoms with van der Waals surface area (Å²) < 4.78 is 5.11. The van der Waals surface area contributed by atoms with Crippen LogP contribution in [0, 0.1) is 0 Å². The minimum atomic E-state index is -0.523. The summed E-state index contributed by atoms with van der Waals surface area (Å²) in [6.07, 6.45) is 1.25. The Bertz CT molecular complexity index is 494. The van der Waals surface area contributed by atoms with Gasteiger partial charge in [-0.3, -0.25) is 4.98 Å². The lowest BCUT2D eigenvalue weighted by Crippen LogP contribution is -1.94. The van der Waals surface area contributed by atoms with Crippen LogP contribution in [0.3, 0.4) is 0 Å². The molecule has 0 bridgehead atoms. The molecule has 0 aliphatic heterocycles. The van der Waals surface area contributed by atoms with E-state index in [-0.39, 0.29) is 0 Å². The molecule has 1 N–H and O–H groups in total. The van der Waals surface area contributed by atoms with Gasteiger partial charge in [0.25, 0.3) is 0 Å². The molecule has 4 heteroatoms. The zero-order valence-electron chi connectivity index (χ0n) is 10.3. The molecular formula is C14H15NO2S. The number of rotatable bonds is 4. The number of aliphatic hydroxyl groups excluding tert-OH is 1. The molecule has 1 aromatic heterocycles. The second kappa shape index (κ2) is 5.89. The molecule has 2 aromatic rings. The fraction of sp³-hybridized carbons (Fsp3) is 0.214. The second-order valence-electron chi connectivity index (χ2n) is 3.87. The number of pyridine rings is 1. The highest BCUT2D eigenvalue weighted by atomic mass is 32.2. The van der Waals surface area contributed by atoms with E-state index in [1.807, 2.05) is 36.4 Å². The summed E-state index contributed by atoms with van der Waals surface area (Å²) in [5.41, 5.74) is 0.689. The molecule has 2 rings (SSSR count). The Morgan fingerprint density at radius 1 is 1.11 bits per heavy atom. The number of nitrogens with zero attached hydrogens (tertiary/aromatic N) is 1. The lowest BCUT2D eigenvalue weighted by atomic mass is 10.2. The predicted molar refractivity (Wildman–Crippen MR) is 72.0 cm³/mol. The lowest BCUT2D eigenvalue weighted by molar-refractivity contribution is 0.194. The largest absolute Gasteiger partial charge is 0.497 e. The second-order valence-corrected chi connectivity index (χ2v) is 5.02. The van der Waals surface area contributed by atoms with Gasteiger partial charge in [0, 0.05) is 16.0 Å². The standard InChI is InChI=1S/C14H15NO2S/c1-10(16)14-8-7-13(9-15-14)18-12-5-3-11(17-2)4-6-12/h3-10,16H,1-2H3/t10-/m0/s1. The summed E-state index contributed by atoms with van der Waals surface area (Å²) in [6.45, 7) is 1.71. The molecule has 0 aliphatic rings. The molecule has 0 saturated carbocycles. The van der Waals surface area contributed by atoms with Crippen molar-refractivity contribution < 1.29 is 9.84 Å². The molecule has 0 spiro atoms. The average Bonchev–Trinajstić information content (AvgIpc) is 2.40. The number of benzene rings is 1. The molecule has 0 amide bonds. The molecule has 0 unspecified atom stereocenters. The van der Waals surface area contributed by atoms with Crippen LogP contribution >= 0.6 is 11.8 Å². The van der Waals surface area contributed by atoms with E-state index in [0.29, 0.717) is 5.69 Å². The monoisotopic (exact) mass is 261 g/mol. The van der Waals surface area contributed by atoms with E-state index >= 15 is 0 Å². The number of hydrogen-bond acceptors (Lipinski definition) is 4. The van der Waals surface area contributed by atoms with Crippen molar-refractivity contribution in [3.05, 3.63) is 48.3 Å². The summed E-state index contributed by atoms with van der Waals surface area (Å²) >= 11 is 1.63. The van der Waals surface area contributed by atoms with E-state index in [1.165, 1.54) is 0 Å². The van der Waals surface area contributed by atoms with E-state index in [9.17, 15) is 5.11 Å². The molecule has 0 saturated heterocycles. The Balaban J connectivity index is 2.08. The average molecular weight is 261 g/mol. The van der Waals surface area contributed by atoms with Crippen molar-refractivity contribution in [3.63, 3.8) is 0 Å². The SMILES string of the molecule is COc1ccc(Sc2ccc([C@H](C)O)nc2)cc1. The first kappa shape index (κ1) is 12.9. The zero-order chi connectivity index (χ0) is 13.0. The topological polar surface area (TPSA) is 42.4 Å². The maximum Gasteiger partial charge on any atom is 0.118 e. The maximum atomic E-state index is 9.38. The van der Waals surface area contributed by atoms with Crippen molar-refractivity contribution in [3.8, 4) is 5.75 Å². The van der Waals surface area contributed by atoms with Crippen LogP contribution in [0.1, 0.15) is 18.7 Å². The predicted octanol–water partition coefficient (Wildman–Crippen LogP) is 3.29. The van der Waals surface area contributed by atoms with Gasteiger partial charge in [0.15, 0.2) is 0 Å². The van der Waals surface area contributed by atoms with Crippen molar-refractivity contribution in [1.82, 2.24) is 4.98 Å². The fourth-order valence-electron chi connectivity index (χ4n) is 1.48. The van der Waals surface area contributed by atoms with Crippen LogP contribution in [0.25, 0.3) is 0 Å². The third kappa shape index (κ3) is 3.24. The van der Waals surface area contributed by atoms with Crippen LogP contribution in [0.5, 0.6) is 5.75 Å². The van der Waals surface area contributed by atoms with Gasteiger partial charge >= 0.3 is 0 Å². The quantitative estimate of drug-likeness (QED) is 0.917. The van der Waals surface area contributed by atoms with Crippen LogP contribution in [0.15, 0.2) is 52.4 Å². The van der Waals surface area contributed by atoms with Crippen LogP contribution in [0.2, 0.25) is 0 Å². The molecule has 1 heterocycles. The minimum Gasteiger partial charge on any atom is -0.497 e. The van der Waals surface area contributed by atoms with Gasteiger partial charge < -0.3 is 9.84 Å². The van der Waals surface area contributed by atoms with Crippen LogP contribution < -0.4 is 4.74 Å². The van der Waals surface area contributed by atoms with Crippen molar-refractivity contribution in [2.75, 3.05) is 7.11 Å². The minimum absolute atomic E-state index is 0.523. The Hall–Kier alpha value is -1.52. The Kier molecular flexibility index (Phi) is 4.23. The van der Waals surface area contributed by atoms with Gasteiger partial charge in [-0.15, -0.1) is 0 Å². The van der Waals surface area contributed by atoms with Gasteiger partial charge in [-0.1, -0.05) is 11.8 Å². The molecule has 18 heavy (non-hydrogen) atoms. The molecular weight excluding hydrogens is 246 g/mol.